The van der Waals surface area contributed by atoms with Gasteiger partial charge in [-0.3, -0.25) is 0 Å². The summed E-state index contributed by atoms with van der Waals surface area (Å²) in [5.41, 5.74) is -1.32. The lowest BCUT2D eigenvalue weighted by molar-refractivity contribution is -0.0231. The molecule has 0 aliphatic carbocycles. The summed E-state index contributed by atoms with van der Waals surface area (Å²) in [7, 11) is 0. The lowest BCUT2D eigenvalue weighted by Gasteiger charge is -2.40. The molecule has 1 aliphatic heterocycles. The summed E-state index contributed by atoms with van der Waals surface area (Å²) < 4.78 is 30.3. The van der Waals surface area contributed by atoms with Crippen molar-refractivity contribution in [3.05, 3.63) is 0 Å². The number of hydrogen-bond donors (Lipinski definition) is 1. The van der Waals surface area contributed by atoms with Crippen molar-refractivity contribution in [3.8, 4) is 0 Å². The van der Waals surface area contributed by atoms with E-state index in [0.29, 0.717) is 25.9 Å². The normalized spacial score (nSPS) is 19.6. The summed E-state index contributed by atoms with van der Waals surface area (Å²) >= 11 is 0. The molecular weight excluding hydrogens is 256 g/mol. The highest BCUT2D eigenvalue weighted by Gasteiger charge is 2.38. The number of aliphatic hydroxyl groups excluding tert-OH is 1. The van der Waals surface area contributed by atoms with Crippen molar-refractivity contribution in [1.29, 1.82) is 0 Å². The molecule has 1 rings (SSSR count). The Morgan fingerprint density at radius 2 is 1.89 bits per heavy atom. The lowest BCUT2D eigenvalue weighted by atomic mass is 9.76. The SMILES string of the molecule is CC(C)(C)OC(=O)N1CCC(CO)(CC(F)F)CC1. The first-order chi connectivity index (χ1) is 8.67. The lowest BCUT2D eigenvalue weighted by Crippen LogP contribution is -2.47. The topological polar surface area (TPSA) is 49.8 Å². The monoisotopic (exact) mass is 279 g/mol. The van der Waals surface area contributed by atoms with Gasteiger partial charge in [-0.05, 0) is 33.6 Å². The predicted molar refractivity (Wildman–Crippen MR) is 67.2 cm³/mol. The van der Waals surface area contributed by atoms with E-state index in [-0.39, 0.29) is 13.0 Å². The van der Waals surface area contributed by atoms with Crippen LogP contribution in [0.25, 0.3) is 0 Å². The van der Waals surface area contributed by atoms with Crippen molar-refractivity contribution in [1.82, 2.24) is 4.90 Å². The molecule has 0 aromatic heterocycles. The molecule has 1 amide bonds. The van der Waals surface area contributed by atoms with Crippen molar-refractivity contribution in [2.24, 2.45) is 5.41 Å². The van der Waals surface area contributed by atoms with Crippen LogP contribution in [0.15, 0.2) is 0 Å². The number of carbonyl (C=O) groups excluding carboxylic acids is 1. The molecule has 0 saturated carbocycles. The van der Waals surface area contributed by atoms with E-state index in [4.69, 9.17) is 4.74 Å². The Morgan fingerprint density at radius 3 is 2.26 bits per heavy atom. The zero-order chi connectivity index (χ0) is 14.7. The minimum Gasteiger partial charge on any atom is -0.444 e. The van der Waals surface area contributed by atoms with Crippen LogP contribution in [0.4, 0.5) is 13.6 Å². The molecule has 112 valence electrons. The summed E-state index contributed by atoms with van der Waals surface area (Å²) in [6, 6.07) is 0. The average Bonchev–Trinajstić information content (AvgIpc) is 2.26. The van der Waals surface area contributed by atoms with Crippen LogP contribution >= 0.6 is 0 Å². The second-order valence-corrected chi connectivity index (χ2v) is 6.22. The Balaban J connectivity index is 2.54. The van der Waals surface area contributed by atoms with Crippen molar-refractivity contribution in [2.45, 2.75) is 52.1 Å². The summed E-state index contributed by atoms with van der Waals surface area (Å²) in [4.78, 5) is 13.3. The molecule has 1 fully saturated rings. The van der Waals surface area contributed by atoms with E-state index in [1.165, 1.54) is 4.90 Å². The van der Waals surface area contributed by atoms with Gasteiger partial charge in [0.1, 0.15) is 5.60 Å². The minimum absolute atomic E-state index is 0.264. The standard InChI is InChI=1S/C13H23F2NO3/c1-12(2,3)19-11(18)16-6-4-13(9-17,5-7-16)8-10(14)15/h10,17H,4-9H2,1-3H3. The molecule has 0 atom stereocenters. The molecule has 1 N–H and O–H groups in total. The summed E-state index contributed by atoms with van der Waals surface area (Å²) in [6.07, 6.45) is -2.40. The molecule has 0 radical (unpaired) electrons. The molecule has 0 spiro atoms. The second kappa shape index (κ2) is 6.03. The first-order valence-corrected chi connectivity index (χ1v) is 6.54. The third kappa shape index (κ3) is 4.93. The molecule has 0 unspecified atom stereocenters. The second-order valence-electron chi connectivity index (χ2n) is 6.22. The van der Waals surface area contributed by atoms with E-state index in [1.807, 2.05) is 0 Å². The fraction of sp³-hybridized carbons (Fsp3) is 0.923. The maximum Gasteiger partial charge on any atom is 0.410 e. The highest BCUT2D eigenvalue weighted by atomic mass is 19.3. The van der Waals surface area contributed by atoms with Gasteiger partial charge < -0.3 is 14.7 Å². The van der Waals surface area contributed by atoms with Gasteiger partial charge >= 0.3 is 6.09 Å². The maximum absolute atomic E-state index is 12.5. The van der Waals surface area contributed by atoms with Crippen LogP contribution in [-0.4, -0.2) is 47.8 Å². The molecule has 0 bridgehead atoms. The highest BCUT2D eigenvalue weighted by Crippen LogP contribution is 2.37. The van der Waals surface area contributed by atoms with Crippen LogP contribution in [-0.2, 0) is 4.74 Å². The fourth-order valence-electron chi connectivity index (χ4n) is 2.24. The summed E-state index contributed by atoms with van der Waals surface area (Å²) in [6.45, 7) is 5.78. The van der Waals surface area contributed by atoms with E-state index in [2.05, 4.69) is 0 Å². The van der Waals surface area contributed by atoms with Gasteiger partial charge in [-0.25, -0.2) is 13.6 Å². The third-order valence-corrected chi connectivity index (χ3v) is 3.40. The van der Waals surface area contributed by atoms with Crippen molar-refractivity contribution in [2.75, 3.05) is 19.7 Å². The number of carbonyl (C=O) groups is 1. The number of ether oxygens (including phenoxy) is 1. The Hall–Kier alpha value is -0.910. The number of rotatable bonds is 3. The zero-order valence-electron chi connectivity index (χ0n) is 11.8. The number of nitrogens with zero attached hydrogens (tertiary/aromatic N) is 1. The molecule has 0 aromatic rings. The smallest absolute Gasteiger partial charge is 0.410 e. The number of likely N-dealkylation sites (tertiary alicyclic amines) is 1. The summed E-state index contributed by atoms with van der Waals surface area (Å²) in [5.74, 6) is 0. The molecule has 0 aromatic carbocycles. The van der Waals surface area contributed by atoms with Crippen LogP contribution in [0.3, 0.4) is 0 Å². The van der Waals surface area contributed by atoms with Crippen molar-refractivity contribution in [3.63, 3.8) is 0 Å². The van der Waals surface area contributed by atoms with E-state index >= 15 is 0 Å². The fourth-order valence-corrected chi connectivity index (χ4v) is 2.24. The Bertz CT molecular complexity index is 308. The quantitative estimate of drug-likeness (QED) is 0.864. The van der Waals surface area contributed by atoms with Gasteiger partial charge in [0.25, 0.3) is 0 Å². The Labute approximate surface area is 112 Å². The van der Waals surface area contributed by atoms with E-state index in [1.54, 1.807) is 20.8 Å². The van der Waals surface area contributed by atoms with E-state index in [0.717, 1.165) is 0 Å². The van der Waals surface area contributed by atoms with Gasteiger partial charge in [0.05, 0.1) is 0 Å². The predicted octanol–water partition coefficient (Wildman–Crippen LogP) is 2.65. The number of hydrogen-bond acceptors (Lipinski definition) is 3. The van der Waals surface area contributed by atoms with Crippen LogP contribution in [0.1, 0.15) is 40.0 Å². The van der Waals surface area contributed by atoms with E-state index < -0.39 is 23.5 Å². The third-order valence-electron chi connectivity index (χ3n) is 3.40. The molecule has 19 heavy (non-hydrogen) atoms. The van der Waals surface area contributed by atoms with E-state index in [9.17, 15) is 18.7 Å². The van der Waals surface area contributed by atoms with Crippen LogP contribution in [0.5, 0.6) is 0 Å². The van der Waals surface area contributed by atoms with Gasteiger partial charge in [-0.2, -0.15) is 0 Å². The number of aliphatic hydroxyl groups is 1. The van der Waals surface area contributed by atoms with Crippen LogP contribution < -0.4 is 0 Å². The first-order valence-electron chi connectivity index (χ1n) is 6.54. The minimum atomic E-state index is -2.43. The van der Waals surface area contributed by atoms with Crippen molar-refractivity contribution < 1.29 is 23.4 Å². The largest absolute Gasteiger partial charge is 0.444 e. The number of halogens is 2. The van der Waals surface area contributed by atoms with Gasteiger partial charge in [-0.15, -0.1) is 0 Å². The Kier molecular flexibility index (Phi) is 5.12. The van der Waals surface area contributed by atoms with Crippen LogP contribution in [0, 0.1) is 5.41 Å². The molecule has 1 aliphatic rings. The zero-order valence-corrected chi connectivity index (χ0v) is 11.8. The van der Waals surface area contributed by atoms with Gasteiger partial charge in [-0.1, -0.05) is 0 Å². The number of alkyl halides is 2. The van der Waals surface area contributed by atoms with Gasteiger partial charge in [0.2, 0.25) is 6.43 Å². The molecular formula is C13H23F2NO3. The maximum atomic E-state index is 12.5. The highest BCUT2D eigenvalue weighted by molar-refractivity contribution is 5.68. The molecule has 4 nitrogen and oxygen atoms in total. The number of amides is 1. The average molecular weight is 279 g/mol. The van der Waals surface area contributed by atoms with Gasteiger partial charge in [0.15, 0.2) is 0 Å². The van der Waals surface area contributed by atoms with Gasteiger partial charge in [0, 0.05) is 31.5 Å². The Morgan fingerprint density at radius 1 is 1.37 bits per heavy atom. The summed E-state index contributed by atoms with van der Waals surface area (Å²) in [5, 5.41) is 9.33. The molecule has 1 saturated heterocycles. The number of piperidine rings is 1. The van der Waals surface area contributed by atoms with Crippen LogP contribution in [0.2, 0.25) is 0 Å². The first kappa shape index (κ1) is 16.1. The van der Waals surface area contributed by atoms with Crippen molar-refractivity contribution >= 4 is 6.09 Å². The molecule has 6 heteroatoms. The molecule has 1 heterocycles.